The number of hydrogen-bond donors (Lipinski definition) is 2. The standard InChI is InChI=1S/C24H28F3N3O2/c1-30(2)13-12-28-23(31)20-11-9-17-21(15-6-4-3-5-7-15)29-19-10-8-16(24(25,26)27)14-18(19)22(17)32-20/h3-8,10,14,17,20-22,29H,9,11-13H2,1-2H3,(H,28,31)/t17-,20?,21-,22-/m0/s1. The Morgan fingerprint density at radius 2 is 1.91 bits per heavy atom. The molecule has 172 valence electrons. The molecule has 2 N–H and O–H groups in total. The van der Waals surface area contributed by atoms with Crippen LogP contribution in [0.2, 0.25) is 0 Å². The number of hydrogen-bond acceptors (Lipinski definition) is 4. The van der Waals surface area contributed by atoms with Crippen molar-refractivity contribution in [3.05, 3.63) is 65.2 Å². The lowest BCUT2D eigenvalue weighted by Gasteiger charge is -2.45. The van der Waals surface area contributed by atoms with Gasteiger partial charge in [0.25, 0.3) is 0 Å². The van der Waals surface area contributed by atoms with Crippen molar-refractivity contribution in [1.29, 1.82) is 0 Å². The first-order chi connectivity index (χ1) is 15.2. The molecule has 4 atom stereocenters. The van der Waals surface area contributed by atoms with Gasteiger partial charge in [0.15, 0.2) is 0 Å². The monoisotopic (exact) mass is 447 g/mol. The Hall–Kier alpha value is -2.58. The predicted octanol–water partition coefficient (Wildman–Crippen LogP) is 4.39. The van der Waals surface area contributed by atoms with E-state index in [0.717, 1.165) is 17.7 Å². The first-order valence-corrected chi connectivity index (χ1v) is 10.8. The maximum Gasteiger partial charge on any atom is 0.416 e. The van der Waals surface area contributed by atoms with Crippen LogP contribution in [0.15, 0.2) is 48.5 Å². The van der Waals surface area contributed by atoms with Crippen LogP contribution in [0.25, 0.3) is 0 Å². The first-order valence-electron chi connectivity index (χ1n) is 10.8. The van der Waals surface area contributed by atoms with Gasteiger partial charge in [0.1, 0.15) is 6.10 Å². The molecule has 2 heterocycles. The highest BCUT2D eigenvalue weighted by Gasteiger charge is 2.44. The lowest BCUT2D eigenvalue weighted by atomic mass is 9.76. The summed E-state index contributed by atoms with van der Waals surface area (Å²) in [5.41, 5.74) is 1.41. The van der Waals surface area contributed by atoms with Crippen molar-refractivity contribution in [2.75, 3.05) is 32.5 Å². The Kier molecular flexibility index (Phi) is 6.44. The first kappa shape index (κ1) is 22.6. The average molecular weight is 448 g/mol. The molecule has 0 aliphatic carbocycles. The second-order valence-electron chi connectivity index (χ2n) is 8.71. The van der Waals surface area contributed by atoms with Crippen molar-refractivity contribution in [2.24, 2.45) is 5.92 Å². The maximum absolute atomic E-state index is 13.4. The van der Waals surface area contributed by atoms with E-state index in [-0.39, 0.29) is 17.9 Å². The lowest BCUT2D eigenvalue weighted by Crippen LogP contribution is -2.46. The minimum absolute atomic E-state index is 0.0841. The molecule has 1 amide bonds. The van der Waals surface area contributed by atoms with E-state index in [9.17, 15) is 18.0 Å². The maximum atomic E-state index is 13.4. The van der Waals surface area contributed by atoms with Gasteiger partial charge in [-0.25, -0.2) is 0 Å². The number of anilines is 1. The zero-order chi connectivity index (χ0) is 22.9. The third kappa shape index (κ3) is 4.76. The van der Waals surface area contributed by atoms with Crippen LogP contribution in [0.5, 0.6) is 0 Å². The fraction of sp³-hybridized carbons (Fsp3) is 0.458. The smallest absolute Gasteiger partial charge is 0.378 e. The molecule has 5 nitrogen and oxygen atoms in total. The van der Waals surface area contributed by atoms with Gasteiger partial charge in [-0.15, -0.1) is 0 Å². The summed E-state index contributed by atoms with van der Waals surface area (Å²) >= 11 is 0. The fourth-order valence-corrected chi connectivity index (χ4v) is 4.57. The van der Waals surface area contributed by atoms with Crippen LogP contribution < -0.4 is 10.6 Å². The van der Waals surface area contributed by atoms with E-state index >= 15 is 0 Å². The molecule has 32 heavy (non-hydrogen) atoms. The molecule has 2 aliphatic rings. The number of fused-ring (bicyclic) bond motifs is 3. The van der Waals surface area contributed by atoms with Gasteiger partial charge >= 0.3 is 6.18 Å². The molecule has 2 aromatic rings. The quantitative estimate of drug-likeness (QED) is 0.714. The van der Waals surface area contributed by atoms with Crippen LogP contribution in [0.3, 0.4) is 0 Å². The minimum Gasteiger partial charge on any atom is -0.378 e. The van der Waals surface area contributed by atoms with Crippen molar-refractivity contribution >= 4 is 11.6 Å². The molecule has 0 bridgehead atoms. The van der Waals surface area contributed by atoms with Gasteiger partial charge in [0.2, 0.25) is 5.91 Å². The summed E-state index contributed by atoms with van der Waals surface area (Å²) < 4.78 is 46.4. The number of alkyl halides is 3. The molecule has 1 saturated heterocycles. The van der Waals surface area contributed by atoms with Crippen molar-refractivity contribution in [1.82, 2.24) is 10.2 Å². The summed E-state index contributed by atoms with van der Waals surface area (Å²) in [5.74, 6) is -0.298. The van der Waals surface area contributed by atoms with E-state index < -0.39 is 23.9 Å². The molecule has 0 radical (unpaired) electrons. The molecule has 2 aromatic carbocycles. The molecule has 2 aliphatic heterocycles. The highest BCUT2D eigenvalue weighted by atomic mass is 19.4. The van der Waals surface area contributed by atoms with Crippen LogP contribution in [-0.2, 0) is 15.7 Å². The fourth-order valence-electron chi connectivity index (χ4n) is 4.57. The van der Waals surface area contributed by atoms with Crippen LogP contribution >= 0.6 is 0 Å². The van der Waals surface area contributed by atoms with Gasteiger partial charge in [-0.1, -0.05) is 30.3 Å². The molecule has 8 heteroatoms. The zero-order valence-electron chi connectivity index (χ0n) is 18.2. The van der Waals surface area contributed by atoms with Crippen molar-refractivity contribution < 1.29 is 22.7 Å². The van der Waals surface area contributed by atoms with Crippen LogP contribution in [-0.4, -0.2) is 44.1 Å². The van der Waals surface area contributed by atoms with E-state index in [0.29, 0.717) is 37.2 Å². The topological polar surface area (TPSA) is 53.6 Å². The number of carbonyl (C=O) groups is 1. The van der Waals surface area contributed by atoms with E-state index in [1.807, 2.05) is 49.3 Å². The number of nitrogens with one attached hydrogen (secondary N) is 2. The number of halogens is 3. The second kappa shape index (κ2) is 9.11. The zero-order valence-corrected chi connectivity index (χ0v) is 18.2. The van der Waals surface area contributed by atoms with Crippen LogP contribution in [0.4, 0.5) is 18.9 Å². The molecule has 0 aromatic heterocycles. The molecule has 0 spiro atoms. The summed E-state index contributed by atoms with van der Waals surface area (Å²) in [6.45, 7) is 1.19. The normalized spacial score (nSPS) is 24.9. The predicted molar refractivity (Wildman–Crippen MR) is 116 cm³/mol. The Morgan fingerprint density at radius 1 is 1.16 bits per heavy atom. The minimum atomic E-state index is -4.45. The Labute approximate surface area is 185 Å². The summed E-state index contributed by atoms with van der Waals surface area (Å²) in [6.07, 6.45) is -4.54. The number of likely N-dealkylation sites (N-methyl/N-ethyl adjacent to an activating group) is 1. The van der Waals surface area contributed by atoms with Gasteiger partial charge in [-0.3, -0.25) is 4.79 Å². The van der Waals surface area contributed by atoms with E-state index in [1.54, 1.807) is 0 Å². The van der Waals surface area contributed by atoms with Gasteiger partial charge in [0.05, 0.1) is 17.7 Å². The largest absolute Gasteiger partial charge is 0.416 e. The van der Waals surface area contributed by atoms with Gasteiger partial charge in [-0.05, 0) is 50.7 Å². The van der Waals surface area contributed by atoms with Crippen LogP contribution in [0, 0.1) is 5.92 Å². The van der Waals surface area contributed by atoms with Gasteiger partial charge < -0.3 is 20.3 Å². The Balaban J connectivity index is 1.63. The lowest BCUT2D eigenvalue weighted by molar-refractivity contribution is -0.149. The number of nitrogens with zero attached hydrogens (tertiary/aromatic N) is 1. The molecule has 0 saturated carbocycles. The number of carbonyl (C=O) groups excluding carboxylic acids is 1. The van der Waals surface area contributed by atoms with E-state index in [1.165, 1.54) is 6.07 Å². The third-order valence-electron chi connectivity index (χ3n) is 6.20. The number of ether oxygens (including phenoxy) is 1. The SMILES string of the molecule is CN(C)CCNC(=O)C1CC[C@@H]2[C@H](O1)c1cc(C(F)(F)F)ccc1N[C@H]2c1ccccc1. The molecule has 1 unspecified atom stereocenters. The average Bonchev–Trinajstić information content (AvgIpc) is 2.77. The van der Waals surface area contributed by atoms with Gasteiger partial charge in [-0.2, -0.15) is 13.2 Å². The van der Waals surface area contributed by atoms with Crippen molar-refractivity contribution in [3.8, 4) is 0 Å². The highest BCUT2D eigenvalue weighted by Crippen LogP contribution is 2.51. The summed E-state index contributed by atoms with van der Waals surface area (Å²) in [5, 5.41) is 6.31. The third-order valence-corrected chi connectivity index (χ3v) is 6.20. The van der Waals surface area contributed by atoms with E-state index in [2.05, 4.69) is 10.6 Å². The number of amides is 1. The summed E-state index contributed by atoms with van der Waals surface area (Å²) in [6, 6.07) is 13.4. The Morgan fingerprint density at radius 3 is 2.59 bits per heavy atom. The second-order valence-corrected chi connectivity index (χ2v) is 8.71. The molecule has 4 rings (SSSR count). The molecular weight excluding hydrogens is 419 g/mol. The summed E-state index contributed by atoms with van der Waals surface area (Å²) in [4.78, 5) is 14.7. The number of benzene rings is 2. The highest BCUT2D eigenvalue weighted by molar-refractivity contribution is 5.81. The van der Waals surface area contributed by atoms with Crippen molar-refractivity contribution in [2.45, 2.75) is 37.3 Å². The molecular formula is C24H28F3N3O2. The molecule has 1 fully saturated rings. The summed E-state index contributed by atoms with van der Waals surface area (Å²) in [7, 11) is 3.84. The Bertz CT molecular complexity index is 949. The van der Waals surface area contributed by atoms with E-state index in [4.69, 9.17) is 4.74 Å². The van der Waals surface area contributed by atoms with Crippen molar-refractivity contribution in [3.63, 3.8) is 0 Å². The number of rotatable bonds is 5. The van der Waals surface area contributed by atoms with Crippen LogP contribution in [0.1, 0.15) is 41.7 Å². The van der Waals surface area contributed by atoms with Gasteiger partial charge in [0, 0.05) is 30.3 Å².